The van der Waals surface area contributed by atoms with Gasteiger partial charge in [-0.05, 0) is 41.5 Å². The number of carbonyl (C=O) groups is 2. The van der Waals surface area contributed by atoms with Gasteiger partial charge in [0, 0.05) is 11.6 Å². The van der Waals surface area contributed by atoms with Crippen LogP contribution < -0.4 is 5.32 Å². The van der Waals surface area contributed by atoms with E-state index in [0.717, 1.165) is 22.8 Å². The van der Waals surface area contributed by atoms with E-state index < -0.39 is 58.9 Å². The summed E-state index contributed by atoms with van der Waals surface area (Å²) < 4.78 is 92.4. The van der Waals surface area contributed by atoms with Gasteiger partial charge >= 0.3 is 12.4 Å². The highest BCUT2D eigenvalue weighted by molar-refractivity contribution is 6.35. The molecular weight excluding hydrogens is 540 g/mol. The highest BCUT2D eigenvalue weighted by atomic mass is 35.5. The molecule has 0 radical (unpaired) electrons. The number of hydrogen-bond acceptors (Lipinski definition) is 2. The van der Waals surface area contributed by atoms with Gasteiger partial charge in [0.2, 0.25) is 11.8 Å². The summed E-state index contributed by atoms with van der Waals surface area (Å²) in [5.74, 6) is -5.25. The summed E-state index contributed by atoms with van der Waals surface area (Å²) in [6.45, 7) is -0.684. The molecule has 3 rings (SSSR count). The van der Waals surface area contributed by atoms with Gasteiger partial charge in [0.1, 0.15) is 6.42 Å². The molecule has 0 saturated carbocycles. The van der Waals surface area contributed by atoms with Gasteiger partial charge in [-0.2, -0.15) is 26.3 Å². The van der Waals surface area contributed by atoms with Gasteiger partial charge in [-0.3, -0.25) is 14.2 Å². The molecule has 0 aliphatic heterocycles. The predicted octanol–water partition coefficient (Wildman–Crippen LogP) is 7.16. The monoisotopic (exact) mass is 554 g/mol. The van der Waals surface area contributed by atoms with Crippen molar-refractivity contribution in [1.82, 2.24) is 9.88 Å². The summed E-state index contributed by atoms with van der Waals surface area (Å²) in [4.78, 5) is 23.6. The number of fused-ring (bicyclic) bond motifs is 1. The van der Waals surface area contributed by atoms with Gasteiger partial charge in [0.15, 0.2) is 5.82 Å². The summed E-state index contributed by atoms with van der Waals surface area (Å²) in [6.07, 6.45) is -7.83. The Morgan fingerprint density at radius 2 is 1.64 bits per heavy atom. The van der Waals surface area contributed by atoms with E-state index in [0.29, 0.717) is 16.5 Å². The summed E-state index contributed by atoms with van der Waals surface area (Å²) >= 11 is 11.3. The number of amides is 1. The van der Waals surface area contributed by atoms with Crippen LogP contribution in [0.25, 0.3) is 17.0 Å². The molecule has 1 heterocycles. The molecule has 1 N–H and O–H groups in total. The van der Waals surface area contributed by atoms with Crippen LogP contribution in [0.2, 0.25) is 10.0 Å². The van der Waals surface area contributed by atoms with Gasteiger partial charge in [-0.25, -0.2) is 4.39 Å². The van der Waals surface area contributed by atoms with Crippen molar-refractivity contribution in [2.75, 3.05) is 6.54 Å². The van der Waals surface area contributed by atoms with Crippen LogP contribution in [-0.2, 0) is 4.79 Å². The zero-order chi connectivity index (χ0) is 26.8. The third-order valence-corrected chi connectivity index (χ3v) is 5.53. The Kier molecular flexibility index (Phi) is 8.04. The first-order valence-electron chi connectivity index (χ1n) is 10.0. The molecule has 1 amide bonds. The number of nitrogens with one attached hydrogen (secondary N) is 1. The first-order valence-corrected chi connectivity index (χ1v) is 10.8. The minimum atomic E-state index is -4.74. The Morgan fingerprint density at radius 3 is 2.22 bits per heavy atom. The molecule has 1 unspecified atom stereocenters. The van der Waals surface area contributed by atoms with Crippen LogP contribution in [0.3, 0.4) is 0 Å². The molecule has 4 nitrogen and oxygen atoms in total. The Labute approximate surface area is 209 Å². The largest absolute Gasteiger partial charge is 0.399 e. The van der Waals surface area contributed by atoms with Crippen molar-refractivity contribution in [3.8, 4) is 0 Å². The van der Waals surface area contributed by atoms with Gasteiger partial charge in [-0.1, -0.05) is 41.4 Å². The van der Waals surface area contributed by atoms with Crippen molar-refractivity contribution < 1.29 is 40.3 Å². The van der Waals surface area contributed by atoms with E-state index >= 15 is 0 Å². The number of alkyl halides is 6. The zero-order valence-electron chi connectivity index (χ0n) is 17.9. The smallest absolute Gasteiger partial charge is 0.347 e. The molecule has 0 aliphatic carbocycles. The Balaban J connectivity index is 1.80. The Bertz CT molecular complexity index is 1310. The molecular formula is C23H15Cl2F7N2O2. The number of carbonyl (C=O) groups excluding carboxylic acids is 2. The molecule has 0 bridgehead atoms. The number of benzene rings is 2. The average Bonchev–Trinajstić information content (AvgIpc) is 3.17. The minimum Gasteiger partial charge on any atom is -0.347 e. The van der Waals surface area contributed by atoms with E-state index in [1.54, 1.807) is 0 Å². The van der Waals surface area contributed by atoms with Crippen molar-refractivity contribution in [3.63, 3.8) is 0 Å². The van der Waals surface area contributed by atoms with Crippen molar-refractivity contribution in [2.45, 2.75) is 24.7 Å². The third-order valence-electron chi connectivity index (χ3n) is 4.98. The van der Waals surface area contributed by atoms with Crippen LogP contribution in [0.1, 0.15) is 28.3 Å². The van der Waals surface area contributed by atoms with Gasteiger partial charge in [0.25, 0.3) is 0 Å². The van der Waals surface area contributed by atoms with E-state index in [4.69, 9.17) is 23.2 Å². The maximum atomic E-state index is 13.7. The van der Waals surface area contributed by atoms with E-state index in [1.165, 1.54) is 36.5 Å². The lowest BCUT2D eigenvalue weighted by molar-refractivity contribution is -0.153. The lowest BCUT2D eigenvalue weighted by Gasteiger charge is -2.18. The molecule has 0 spiro atoms. The third kappa shape index (κ3) is 6.79. The van der Waals surface area contributed by atoms with E-state index in [9.17, 15) is 40.3 Å². The second-order valence-corrected chi connectivity index (χ2v) is 8.46. The molecule has 0 saturated heterocycles. The first kappa shape index (κ1) is 27.5. The highest BCUT2D eigenvalue weighted by Crippen LogP contribution is 2.39. The van der Waals surface area contributed by atoms with Crippen LogP contribution in [-0.4, -0.2) is 35.3 Å². The fraction of sp³-hybridized carbons (Fsp3) is 0.217. The predicted molar refractivity (Wildman–Crippen MR) is 120 cm³/mol. The van der Waals surface area contributed by atoms with Crippen LogP contribution in [0.15, 0.2) is 48.7 Å². The van der Waals surface area contributed by atoms with Crippen LogP contribution in [0, 0.1) is 5.82 Å². The van der Waals surface area contributed by atoms with E-state index in [2.05, 4.69) is 0 Å². The van der Waals surface area contributed by atoms with Crippen LogP contribution in [0.5, 0.6) is 0 Å². The number of hydrogen-bond donors (Lipinski definition) is 1. The molecule has 3 aromatic rings. The summed E-state index contributed by atoms with van der Waals surface area (Å²) in [5, 5.41) is 1.23. The Hall–Kier alpha value is -3.05. The SMILES string of the molecule is O=C(CC(F)(F)F)NCC(=O)n1ccc2cc(/C=C/C(c3cc(Cl)c(F)c(Cl)c3)C(F)(F)F)ccc21. The maximum Gasteiger partial charge on any atom is 0.399 e. The number of nitrogens with zero attached hydrogens (tertiary/aromatic N) is 1. The molecule has 1 aromatic heterocycles. The first-order chi connectivity index (χ1) is 16.7. The number of aromatic nitrogens is 1. The lowest BCUT2D eigenvalue weighted by atomic mass is 9.97. The second-order valence-electron chi connectivity index (χ2n) is 7.64. The van der Waals surface area contributed by atoms with Crippen LogP contribution in [0.4, 0.5) is 30.7 Å². The molecule has 13 heteroatoms. The van der Waals surface area contributed by atoms with E-state index in [1.807, 2.05) is 5.32 Å². The summed E-state index contributed by atoms with van der Waals surface area (Å²) in [5.41, 5.74) is 0.298. The lowest BCUT2D eigenvalue weighted by Crippen LogP contribution is -2.34. The van der Waals surface area contributed by atoms with Crippen LogP contribution >= 0.6 is 23.2 Å². The quantitative estimate of drug-likeness (QED) is 0.260. The summed E-state index contributed by atoms with van der Waals surface area (Å²) in [7, 11) is 0. The molecule has 2 aromatic carbocycles. The number of halogens is 9. The normalized spacial score (nSPS) is 13.4. The summed E-state index contributed by atoms with van der Waals surface area (Å²) in [6, 6.07) is 7.49. The molecule has 36 heavy (non-hydrogen) atoms. The number of allylic oxidation sites excluding steroid dienone is 1. The van der Waals surface area contributed by atoms with Crippen molar-refractivity contribution in [2.24, 2.45) is 0 Å². The van der Waals surface area contributed by atoms with Gasteiger partial charge in [0.05, 0.1) is 28.0 Å². The van der Waals surface area contributed by atoms with Crippen molar-refractivity contribution >= 4 is 52.0 Å². The van der Waals surface area contributed by atoms with E-state index in [-0.39, 0.29) is 5.56 Å². The Morgan fingerprint density at radius 1 is 1.00 bits per heavy atom. The molecule has 192 valence electrons. The zero-order valence-corrected chi connectivity index (χ0v) is 19.4. The molecule has 0 aliphatic rings. The standard InChI is InChI=1S/C23H15Cl2F7N2O2/c24-16-8-14(9-17(25)21(16)26)15(23(30,31)32)3-1-12-2-4-18-13(7-12)5-6-34(18)20(36)11-33-19(35)10-22(27,28)29/h1-9,15H,10-11H2,(H,33,35)/b3-1+. The van der Waals surface area contributed by atoms with Gasteiger partial charge < -0.3 is 5.32 Å². The molecule has 0 fully saturated rings. The topological polar surface area (TPSA) is 51.1 Å². The maximum absolute atomic E-state index is 13.7. The highest BCUT2D eigenvalue weighted by Gasteiger charge is 2.39. The fourth-order valence-corrected chi connectivity index (χ4v) is 3.86. The average molecular weight is 555 g/mol. The van der Waals surface area contributed by atoms with Gasteiger partial charge in [-0.15, -0.1) is 0 Å². The van der Waals surface area contributed by atoms with Crippen molar-refractivity contribution in [1.29, 1.82) is 0 Å². The second kappa shape index (κ2) is 10.5. The minimum absolute atomic E-state index is 0.326. The van der Waals surface area contributed by atoms with Crippen molar-refractivity contribution in [3.05, 3.63) is 75.7 Å². The molecule has 1 atom stereocenters. The fourth-order valence-electron chi connectivity index (χ4n) is 3.36. The number of rotatable bonds is 6.